The Morgan fingerprint density at radius 1 is 1.10 bits per heavy atom. The van der Waals surface area contributed by atoms with E-state index in [0.717, 1.165) is 67.2 Å². The summed E-state index contributed by atoms with van der Waals surface area (Å²) in [6.45, 7) is 4.84. The monoisotopic (exact) mass is 420 g/mol. The van der Waals surface area contributed by atoms with Crippen molar-refractivity contribution in [3.05, 3.63) is 63.9 Å². The highest BCUT2D eigenvalue weighted by Gasteiger charge is 2.20. The molecule has 1 aliphatic heterocycles. The summed E-state index contributed by atoms with van der Waals surface area (Å²) in [4.78, 5) is 24.5. The number of aromatic nitrogens is 2. The second-order valence-electron chi connectivity index (χ2n) is 7.62. The molecule has 3 aromatic heterocycles. The van der Waals surface area contributed by atoms with Crippen molar-refractivity contribution in [2.24, 2.45) is 0 Å². The molecule has 5 rings (SSSR count). The summed E-state index contributed by atoms with van der Waals surface area (Å²) < 4.78 is 6.66. The molecule has 1 fully saturated rings. The van der Waals surface area contributed by atoms with E-state index in [1.165, 1.54) is 10.1 Å². The molecule has 1 aliphatic rings. The van der Waals surface area contributed by atoms with Gasteiger partial charge in [-0.15, -0.1) is 11.3 Å². The van der Waals surface area contributed by atoms with Gasteiger partial charge in [-0.1, -0.05) is 0 Å². The number of nitrogens with one attached hydrogen (secondary N) is 1. The first-order valence-corrected chi connectivity index (χ1v) is 11.1. The number of hydrogen-bond donors (Lipinski definition) is 1. The van der Waals surface area contributed by atoms with Gasteiger partial charge in [0.2, 0.25) is 5.56 Å². The summed E-state index contributed by atoms with van der Waals surface area (Å²) in [7, 11) is 1.66. The number of nitrogens with zero attached hydrogens (tertiary/aromatic N) is 3. The Kier molecular flexibility index (Phi) is 5.14. The van der Waals surface area contributed by atoms with Crippen LogP contribution >= 0.6 is 11.3 Å². The zero-order chi connectivity index (χ0) is 20.5. The molecule has 0 spiro atoms. The molecule has 0 atom stereocenters. The van der Waals surface area contributed by atoms with Crippen LogP contribution in [0.4, 0.5) is 5.82 Å². The second-order valence-corrected chi connectivity index (χ2v) is 8.56. The van der Waals surface area contributed by atoms with Gasteiger partial charge >= 0.3 is 0 Å². The number of fused-ring (bicyclic) bond motifs is 2. The lowest BCUT2D eigenvalue weighted by atomic mass is 10.1. The largest absolute Gasteiger partial charge is 0.497 e. The molecule has 4 heterocycles. The molecule has 1 saturated heterocycles. The third kappa shape index (κ3) is 3.66. The van der Waals surface area contributed by atoms with Gasteiger partial charge < -0.3 is 14.6 Å². The van der Waals surface area contributed by atoms with Crippen LogP contribution in [-0.4, -0.2) is 54.7 Å². The smallest absolute Gasteiger partial charge is 0.248 e. The van der Waals surface area contributed by atoms with E-state index in [9.17, 15) is 4.79 Å². The minimum absolute atomic E-state index is 0.0533. The fraction of sp³-hybridized carbons (Fsp3) is 0.304. The summed E-state index contributed by atoms with van der Waals surface area (Å²) in [5, 5.41) is 4.44. The Bertz CT molecular complexity index is 1240. The van der Waals surface area contributed by atoms with Crippen LogP contribution in [0.2, 0.25) is 0 Å². The number of anilines is 1. The molecule has 0 amide bonds. The van der Waals surface area contributed by atoms with Crippen LogP contribution < -0.4 is 15.2 Å². The first kappa shape index (κ1) is 19.1. The lowest BCUT2D eigenvalue weighted by Gasteiger charge is -2.35. The van der Waals surface area contributed by atoms with E-state index in [1.54, 1.807) is 24.5 Å². The quantitative estimate of drug-likeness (QED) is 0.535. The number of ether oxygens (including phenoxy) is 1. The average Bonchev–Trinajstić information content (AvgIpc) is 3.26. The molecule has 0 unspecified atom stereocenters. The van der Waals surface area contributed by atoms with Crippen molar-refractivity contribution < 1.29 is 4.74 Å². The Morgan fingerprint density at radius 3 is 2.80 bits per heavy atom. The highest BCUT2D eigenvalue weighted by Crippen LogP contribution is 2.29. The van der Waals surface area contributed by atoms with Crippen LogP contribution in [0, 0.1) is 0 Å². The molecule has 0 aliphatic carbocycles. The summed E-state index contributed by atoms with van der Waals surface area (Å²) in [5.74, 6) is 1.90. The van der Waals surface area contributed by atoms with Crippen LogP contribution in [0.15, 0.2) is 52.8 Å². The second kappa shape index (κ2) is 8.08. The van der Waals surface area contributed by atoms with Gasteiger partial charge in [0.15, 0.2) is 0 Å². The van der Waals surface area contributed by atoms with E-state index in [1.807, 2.05) is 24.4 Å². The lowest BCUT2D eigenvalue weighted by Crippen LogP contribution is -2.47. The van der Waals surface area contributed by atoms with Gasteiger partial charge in [0.05, 0.1) is 7.11 Å². The van der Waals surface area contributed by atoms with Crippen LogP contribution in [0.5, 0.6) is 5.75 Å². The molecular formula is C23H24N4O2S. The number of piperazine rings is 1. The molecule has 0 radical (unpaired) electrons. The first-order chi connectivity index (χ1) is 14.7. The lowest BCUT2D eigenvalue weighted by molar-refractivity contribution is 0.261. The Labute approximate surface area is 178 Å². The molecule has 30 heavy (non-hydrogen) atoms. The van der Waals surface area contributed by atoms with Gasteiger partial charge in [0.25, 0.3) is 0 Å². The van der Waals surface area contributed by atoms with Crippen molar-refractivity contribution in [2.75, 3.05) is 44.7 Å². The van der Waals surface area contributed by atoms with Gasteiger partial charge in [-0.05, 0) is 47.7 Å². The number of thiophene rings is 1. The van der Waals surface area contributed by atoms with E-state index in [-0.39, 0.29) is 5.56 Å². The van der Waals surface area contributed by atoms with Crippen LogP contribution in [0.25, 0.3) is 21.0 Å². The summed E-state index contributed by atoms with van der Waals surface area (Å²) in [5.41, 5.74) is 1.88. The standard InChI is InChI=1S/C23H24N4O2S/c1-29-17-2-3-20-19(15-17)16(14-22(28)25-20)5-8-26-9-11-27(12-10-26)23-18-6-13-30-21(18)4-7-24-23/h2-4,6-7,13-15H,5,8-12H2,1H3,(H,25,28). The van der Waals surface area contributed by atoms with Crippen molar-refractivity contribution in [1.82, 2.24) is 14.9 Å². The number of methoxy groups -OCH3 is 1. The number of H-pyrrole nitrogens is 1. The molecule has 0 bridgehead atoms. The average molecular weight is 421 g/mol. The summed E-state index contributed by atoms with van der Waals surface area (Å²) in [6, 6.07) is 11.8. The van der Waals surface area contributed by atoms with Gasteiger partial charge in [0.1, 0.15) is 11.6 Å². The zero-order valence-electron chi connectivity index (χ0n) is 16.9. The summed E-state index contributed by atoms with van der Waals surface area (Å²) >= 11 is 1.76. The molecule has 6 nitrogen and oxygen atoms in total. The molecule has 0 saturated carbocycles. The van der Waals surface area contributed by atoms with E-state index in [4.69, 9.17) is 4.74 Å². The molecule has 154 valence electrons. The Morgan fingerprint density at radius 2 is 1.97 bits per heavy atom. The maximum atomic E-state index is 12.1. The van der Waals surface area contributed by atoms with E-state index in [0.29, 0.717) is 0 Å². The highest BCUT2D eigenvalue weighted by molar-refractivity contribution is 7.17. The highest BCUT2D eigenvalue weighted by atomic mass is 32.1. The third-order valence-corrected chi connectivity index (χ3v) is 6.75. The molecular weight excluding hydrogens is 396 g/mol. The van der Waals surface area contributed by atoms with Crippen molar-refractivity contribution in [3.63, 3.8) is 0 Å². The molecule has 4 aromatic rings. The third-order valence-electron chi connectivity index (χ3n) is 5.86. The van der Waals surface area contributed by atoms with E-state index in [2.05, 4.69) is 37.3 Å². The molecule has 1 aromatic carbocycles. The normalized spacial score (nSPS) is 15.2. The van der Waals surface area contributed by atoms with Crippen molar-refractivity contribution in [1.29, 1.82) is 0 Å². The topological polar surface area (TPSA) is 61.5 Å². The van der Waals surface area contributed by atoms with Crippen molar-refractivity contribution in [2.45, 2.75) is 6.42 Å². The van der Waals surface area contributed by atoms with Crippen molar-refractivity contribution >= 4 is 38.1 Å². The maximum Gasteiger partial charge on any atom is 0.248 e. The van der Waals surface area contributed by atoms with Crippen LogP contribution in [-0.2, 0) is 6.42 Å². The number of hydrogen-bond acceptors (Lipinski definition) is 6. The number of rotatable bonds is 5. The fourth-order valence-corrected chi connectivity index (χ4v) is 5.01. The maximum absolute atomic E-state index is 12.1. The van der Waals surface area contributed by atoms with Crippen molar-refractivity contribution in [3.8, 4) is 5.75 Å². The first-order valence-electron chi connectivity index (χ1n) is 10.2. The predicted molar refractivity (Wildman–Crippen MR) is 123 cm³/mol. The zero-order valence-corrected chi connectivity index (χ0v) is 17.7. The predicted octanol–water partition coefficient (Wildman–Crippen LogP) is 3.51. The Balaban J connectivity index is 1.27. The molecule has 1 N–H and O–H groups in total. The summed E-state index contributed by atoms with van der Waals surface area (Å²) in [6.07, 6.45) is 2.75. The van der Waals surface area contributed by atoms with E-state index < -0.39 is 0 Å². The molecule has 7 heteroatoms. The van der Waals surface area contributed by atoms with Crippen LogP contribution in [0.1, 0.15) is 5.56 Å². The number of benzene rings is 1. The minimum Gasteiger partial charge on any atom is -0.497 e. The number of aromatic amines is 1. The number of pyridine rings is 2. The van der Waals surface area contributed by atoms with E-state index >= 15 is 0 Å². The van der Waals surface area contributed by atoms with Gasteiger partial charge in [-0.3, -0.25) is 9.69 Å². The Hall–Kier alpha value is -2.90. The minimum atomic E-state index is -0.0533. The SMILES string of the molecule is COc1ccc2[nH]c(=O)cc(CCN3CCN(c4nccc5sccc45)CC3)c2c1. The van der Waals surface area contributed by atoms with Gasteiger partial charge in [0, 0.05) is 66.0 Å². The van der Waals surface area contributed by atoms with Crippen LogP contribution in [0.3, 0.4) is 0 Å². The fourth-order valence-electron chi connectivity index (χ4n) is 4.23. The van der Waals surface area contributed by atoms with Gasteiger partial charge in [-0.25, -0.2) is 4.98 Å². The van der Waals surface area contributed by atoms with Gasteiger partial charge in [-0.2, -0.15) is 0 Å².